The number of alkyl halides is 3. The highest BCUT2D eigenvalue weighted by atomic mass is 19.4. The van der Waals surface area contributed by atoms with Crippen LogP contribution in [-0.4, -0.2) is 49.6 Å². The smallest absolute Gasteiger partial charge is 0.382 e. The highest BCUT2D eigenvalue weighted by Gasteiger charge is 2.38. The Labute approximate surface area is 116 Å². The molecule has 2 aromatic rings. The van der Waals surface area contributed by atoms with Crippen LogP contribution < -0.4 is 5.32 Å². The summed E-state index contributed by atoms with van der Waals surface area (Å²) in [5, 5.41) is 14.6. The van der Waals surface area contributed by atoms with Crippen molar-refractivity contribution in [2.45, 2.75) is 12.3 Å². The minimum Gasteiger partial charge on any atom is -0.382 e. The molecule has 0 aromatic carbocycles. The molecule has 1 unspecified atom stereocenters. The van der Waals surface area contributed by atoms with Crippen LogP contribution in [-0.2, 0) is 0 Å². The zero-order valence-electron chi connectivity index (χ0n) is 10.4. The molecule has 2 rings (SSSR count). The molecule has 1 atom stereocenters. The van der Waals surface area contributed by atoms with Crippen LogP contribution in [0.4, 0.5) is 13.2 Å². The number of rotatable bonds is 4. The maximum absolute atomic E-state index is 12.1. The molecule has 2 N–H and O–H groups in total. The van der Waals surface area contributed by atoms with Crippen molar-refractivity contribution < 1.29 is 23.1 Å². The topological polar surface area (TPSA) is 92.9 Å². The third kappa shape index (κ3) is 3.75. The average Bonchev–Trinajstić information content (AvgIpc) is 2.97. The molecular weight excluding hydrogens is 291 g/mol. The molecule has 0 fully saturated rings. The number of hydrogen-bond acceptors (Lipinski definition) is 5. The fourth-order valence-electron chi connectivity index (χ4n) is 1.39. The lowest BCUT2D eigenvalue weighted by Gasteiger charge is -2.14. The average molecular weight is 301 g/mol. The minimum absolute atomic E-state index is 0.0632. The minimum atomic E-state index is -4.78. The van der Waals surface area contributed by atoms with Gasteiger partial charge in [0.1, 0.15) is 12.7 Å². The Morgan fingerprint density at radius 1 is 1.43 bits per heavy atom. The molecule has 0 aliphatic carbocycles. The van der Waals surface area contributed by atoms with E-state index in [1.807, 2.05) is 5.32 Å². The summed E-state index contributed by atoms with van der Waals surface area (Å²) in [4.78, 5) is 19.3. The van der Waals surface area contributed by atoms with E-state index >= 15 is 0 Å². The maximum Gasteiger partial charge on any atom is 0.416 e. The standard InChI is InChI=1S/C11H10F3N5O2/c12-11(13,14)8(20)4-17-10(21)7-1-2-9(16-3-7)19-6-15-5-18-19/h1-3,5-6,8,20H,4H2,(H,17,21). The van der Waals surface area contributed by atoms with E-state index in [0.717, 1.165) is 0 Å². The molecule has 2 heterocycles. The number of aromatic nitrogens is 4. The second-order valence-electron chi connectivity index (χ2n) is 4.01. The largest absolute Gasteiger partial charge is 0.416 e. The van der Waals surface area contributed by atoms with Crippen LogP contribution in [0.3, 0.4) is 0 Å². The molecule has 0 radical (unpaired) electrons. The first-order valence-corrected chi connectivity index (χ1v) is 5.72. The zero-order chi connectivity index (χ0) is 15.5. The summed E-state index contributed by atoms with van der Waals surface area (Å²) in [5.41, 5.74) is 0.0632. The number of aliphatic hydroxyl groups is 1. The van der Waals surface area contributed by atoms with E-state index in [2.05, 4.69) is 15.1 Å². The Balaban J connectivity index is 1.97. The van der Waals surface area contributed by atoms with Crippen LogP contribution in [0.15, 0.2) is 31.0 Å². The van der Waals surface area contributed by atoms with Crippen molar-refractivity contribution in [1.82, 2.24) is 25.1 Å². The first kappa shape index (κ1) is 14.9. The van der Waals surface area contributed by atoms with Crippen LogP contribution in [0.1, 0.15) is 10.4 Å². The lowest BCUT2D eigenvalue weighted by molar-refractivity contribution is -0.201. The van der Waals surface area contributed by atoms with Crippen LogP contribution >= 0.6 is 0 Å². The van der Waals surface area contributed by atoms with Crippen LogP contribution in [0.2, 0.25) is 0 Å². The highest BCUT2D eigenvalue weighted by molar-refractivity contribution is 5.93. The van der Waals surface area contributed by atoms with E-state index in [1.165, 1.54) is 35.7 Å². The molecular formula is C11H10F3N5O2. The van der Waals surface area contributed by atoms with Crippen molar-refractivity contribution in [2.75, 3.05) is 6.54 Å². The molecule has 0 aliphatic rings. The number of aliphatic hydroxyl groups excluding tert-OH is 1. The van der Waals surface area contributed by atoms with E-state index in [0.29, 0.717) is 5.82 Å². The second-order valence-corrected chi connectivity index (χ2v) is 4.01. The van der Waals surface area contributed by atoms with Crippen molar-refractivity contribution >= 4 is 5.91 Å². The summed E-state index contributed by atoms with van der Waals surface area (Å²) in [7, 11) is 0. The van der Waals surface area contributed by atoms with Gasteiger partial charge in [0.2, 0.25) is 0 Å². The van der Waals surface area contributed by atoms with Gasteiger partial charge >= 0.3 is 6.18 Å². The molecule has 1 amide bonds. The molecule has 21 heavy (non-hydrogen) atoms. The monoisotopic (exact) mass is 301 g/mol. The second kappa shape index (κ2) is 5.87. The predicted molar refractivity (Wildman–Crippen MR) is 63.5 cm³/mol. The molecule has 10 heteroatoms. The fourth-order valence-corrected chi connectivity index (χ4v) is 1.39. The van der Waals surface area contributed by atoms with Crippen LogP contribution in [0, 0.1) is 0 Å². The number of nitrogens with zero attached hydrogens (tertiary/aromatic N) is 4. The van der Waals surface area contributed by atoms with Gasteiger partial charge in [-0.25, -0.2) is 14.6 Å². The van der Waals surface area contributed by atoms with Crippen LogP contribution in [0.5, 0.6) is 0 Å². The zero-order valence-corrected chi connectivity index (χ0v) is 10.4. The molecule has 0 aliphatic heterocycles. The molecule has 0 bridgehead atoms. The molecule has 2 aromatic heterocycles. The highest BCUT2D eigenvalue weighted by Crippen LogP contribution is 2.19. The van der Waals surface area contributed by atoms with Crippen molar-refractivity contribution in [3.8, 4) is 5.82 Å². The summed E-state index contributed by atoms with van der Waals surface area (Å²) in [5.74, 6) is -0.365. The Kier molecular flexibility index (Phi) is 4.17. The Morgan fingerprint density at radius 2 is 2.19 bits per heavy atom. The van der Waals surface area contributed by atoms with E-state index < -0.39 is 24.7 Å². The number of hydrogen-bond donors (Lipinski definition) is 2. The third-order valence-electron chi connectivity index (χ3n) is 2.50. The number of carbonyl (C=O) groups excluding carboxylic acids is 1. The lowest BCUT2D eigenvalue weighted by Crippen LogP contribution is -2.40. The van der Waals surface area contributed by atoms with Gasteiger partial charge in [-0.3, -0.25) is 4.79 Å². The van der Waals surface area contributed by atoms with Crippen LogP contribution in [0.25, 0.3) is 5.82 Å². The SMILES string of the molecule is O=C(NCC(O)C(F)(F)F)c1ccc(-n2cncn2)nc1. The van der Waals surface area contributed by atoms with Crippen molar-refractivity contribution in [3.05, 3.63) is 36.5 Å². The third-order valence-corrected chi connectivity index (χ3v) is 2.50. The van der Waals surface area contributed by atoms with E-state index in [4.69, 9.17) is 5.11 Å². The fraction of sp³-hybridized carbons (Fsp3) is 0.273. The Bertz CT molecular complexity index is 597. The summed E-state index contributed by atoms with van der Waals surface area (Å²) < 4.78 is 37.6. The number of carbonyl (C=O) groups is 1. The normalized spacial score (nSPS) is 13.0. The van der Waals surface area contributed by atoms with E-state index in [9.17, 15) is 18.0 Å². The van der Waals surface area contributed by atoms with E-state index in [1.54, 1.807) is 0 Å². The van der Waals surface area contributed by atoms with Gasteiger partial charge in [-0.05, 0) is 12.1 Å². The summed E-state index contributed by atoms with van der Waals surface area (Å²) >= 11 is 0. The first-order chi connectivity index (χ1) is 9.88. The lowest BCUT2D eigenvalue weighted by atomic mass is 10.2. The molecule has 0 spiro atoms. The van der Waals surface area contributed by atoms with Gasteiger partial charge < -0.3 is 10.4 Å². The van der Waals surface area contributed by atoms with Gasteiger partial charge in [0.15, 0.2) is 11.9 Å². The van der Waals surface area contributed by atoms with E-state index in [-0.39, 0.29) is 5.56 Å². The number of halogens is 3. The Hall–Kier alpha value is -2.49. The molecule has 0 saturated heterocycles. The summed E-state index contributed by atoms with van der Waals surface area (Å²) in [6.07, 6.45) is -3.49. The Morgan fingerprint density at radius 3 is 2.71 bits per heavy atom. The molecule has 0 saturated carbocycles. The summed E-state index contributed by atoms with van der Waals surface area (Å²) in [6.45, 7) is -0.923. The number of amides is 1. The van der Waals surface area contributed by atoms with Crippen molar-refractivity contribution in [1.29, 1.82) is 0 Å². The summed E-state index contributed by atoms with van der Waals surface area (Å²) in [6, 6.07) is 2.84. The molecule has 7 nitrogen and oxygen atoms in total. The van der Waals surface area contributed by atoms with Gasteiger partial charge in [0, 0.05) is 6.20 Å². The van der Waals surface area contributed by atoms with Gasteiger partial charge in [0.05, 0.1) is 12.1 Å². The van der Waals surface area contributed by atoms with Gasteiger partial charge in [-0.2, -0.15) is 18.3 Å². The van der Waals surface area contributed by atoms with Crippen molar-refractivity contribution in [2.24, 2.45) is 0 Å². The van der Waals surface area contributed by atoms with Gasteiger partial charge in [-0.1, -0.05) is 0 Å². The predicted octanol–water partition coefficient (Wildman–Crippen LogP) is 0.315. The van der Waals surface area contributed by atoms with Gasteiger partial charge in [-0.15, -0.1) is 0 Å². The quantitative estimate of drug-likeness (QED) is 0.848. The number of nitrogens with one attached hydrogen (secondary N) is 1. The maximum atomic E-state index is 12.1. The first-order valence-electron chi connectivity index (χ1n) is 5.72. The number of pyridine rings is 1. The molecule has 112 valence electrons. The van der Waals surface area contributed by atoms with Gasteiger partial charge in [0.25, 0.3) is 5.91 Å². The van der Waals surface area contributed by atoms with Crippen molar-refractivity contribution in [3.63, 3.8) is 0 Å².